The van der Waals surface area contributed by atoms with Crippen molar-refractivity contribution in [2.75, 3.05) is 5.32 Å². The molecule has 290 valence electrons. The molecular weight excluding hydrogens is 722 g/mol. The summed E-state index contributed by atoms with van der Waals surface area (Å²) in [7, 11) is 0. The lowest BCUT2D eigenvalue weighted by molar-refractivity contribution is -0.295. The van der Waals surface area contributed by atoms with Crippen LogP contribution in [0.4, 0.5) is 36.8 Å². The van der Waals surface area contributed by atoms with Gasteiger partial charge in [0.05, 0.1) is 25.0 Å². The molecule has 3 atom stereocenters. The van der Waals surface area contributed by atoms with E-state index in [9.17, 15) is 31.1 Å². The summed E-state index contributed by atoms with van der Waals surface area (Å²) >= 11 is 0. The Morgan fingerprint density at radius 3 is 2.06 bits per heavy atom. The molecule has 2 heterocycles. The molecule has 0 bridgehead atoms. The predicted octanol–water partition coefficient (Wildman–Crippen LogP) is 9.98. The number of anilines is 1. The molecule has 54 heavy (non-hydrogen) atoms. The Kier molecular flexibility index (Phi) is 13.3. The van der Waals surface area contributed by atoms with Crippen molar-refractivity contribution in [1.29, 1.82) is 0 Å². The maximum Gasteiger partial charge on any atom is 0.426 e. The highest BCUT2D eigenvalue weighted by atomic mass is 19.4. The SMILES string of the molecule is C=CCC(OCc1ccccc1)[C@@H](C)Oc1nc(-c2nnc([C@@](CC=C)(OCc3ccccc3)C(F)(F)F)o2)c(NC(=O)OC(C)(C)C)cc1C(F)(F)F. The van der Waals surface area contributed by atoms with Crippen LogP contribution in [0.3, 0.4) is 0 Å². The summed E-state index contributed by atoms with van der Waals surface area (Å²) in [6.07, 6.45) is -11.6. The maximum atomic E-state index is 14.9. The zero-order chi connectivity index (χ0) is 39.7. The topological polar surface area (TPSA) is 118 Å². The van der Waals surface area contributed by atoms with E-state index in [1.54, 1.807) is 54.6 Å². The minimum Gasteiger partial charge on any atom is -0.471 e. The van der Waals surface area contributed by atoms with Gasteiger partial charge in [-0.05, 0) is 51.3 Å². The number of aromatic nitrogens is 3. The van der Waals surface area contributed by atoms with E-state index in [1.807, 2.05) is 6.07 Å². The van der Waals surface area contributed by atoms with Crippen LogP contribution in [-0.4, -0.2) is 45.3 Å². The highest BCUT2D eigenvalue weighted by molar-refractivity contribution is 5.89. The van der Waals surface area contributed by atoms with Gasteiger partial charge in [0.25, 0.3) is 11.8 Å². The summed E-state index contributed by atoms with van der Waals surface area (Å²) in [5.41, 5.74) is -5.91. The third kappa shape index (κ3) is 10.7. The number of hydrogen-bond acceptors (Lipinski definition) is 9. The molecule has 0 spiro atoms. The first-order valence-corrected chi connectivity index (χ1v) is 16.6. The van der Waals surface area contributed by atoms with Gasteiger partial charge in [-0.25, -0.2) is 9.78 Å². The molecule has 0 saturated heterocycles. The van der Waals surface area contributed by atoms with Crippen molar-refractivity contribution in [2.45, 2.75) is 89.5 Å². The van der Waals surface area contributed by atoms with Crippen molar-refractivity contribution in [3.05, 3.63) is 115 Å². The molecule has 1 unspecified atom stereocenters. The van der Waals surface area contributed by atoms with Gasteiger partial charge in [0.2, 0.25) is 11.5 Å². The Morgan fingerprint density at radius 1 is 0.907 bits per heavy atom. The highest BCUT2D eigenvalue weighted by Gasteiger charge is 2.61. The molecule has 1 N–H and O–H groups in total. The molecule has 0 saturated carbocycles. The van der Waals surface area contributed by atoms with Crippen LogP contribution in [0.1, 0.15) is 63.1 Å². The first kappa shape index (κ1) is 41.5. The number of halogens is 6. The lowest BCUT2D eigenvalue weighted by Crippen LogP contribution is -2.45. The highest BCUT2D eigenvalue weighted by Crippen LogP contribution is 2.47. The second-order valence-electron chi connectivity index (χ2n) is 13.0. The smallest absolute Gasteiger partial charge is 0.426 e. The maximum absolute atomic E-state index is 14.9. The Balaban J connectivity index is 1.83. The van der Waals surface area contributed by atoms with Gasteiger partial charge in [-0.2, -0.15) is 26.3 Å². The van der Waals surface area contributed by atoms with E-state index >= 15 is 0 Å². The summed E-state index contributed by atoms with van der Waals surface area (Å²) in [5.74, 6) is -2.90. The van der Waals surface area contributed by atoms with Crippen molar-refractivity contribution in [3.63, 3.8) is 0 Å². The number of alkyl halides is 6. The average Bonchev–Trinajstić information content (AvgIpc) is 3.58. The van der Waals surface area contributed by atoms with Crippen LogP contribution >= 0.6 is 0 Å². The lowest BCUT2D eigenvalue weighted by Gasteiger charge is -2.31. The van der Waals surface area contributed by atoms with E-state index in [0.29, 0.717) is 11.6 Å². The fraction of sp³-hybridized carbons (Fsp3) is 0.368. The number of rotatable bonds is 16. The number of carbonyl (C=O) groups is 1. The molecule has 0 aliphatic rings. The Bertz CT molecular complexity index is 1860. The number of carbonyl (C=O) groups excluding carboxylic acids is 1. The molecule has 0 aliphatic heterocycles. The number of pyridine rings is 1. The van der Waals surface area contributed by atoms with E-state index in [-0.39, 0.29) is 13.0 Å². The standard InChI is InChI=1S/C38H40F6N4O6/c1-7-15-29(50-22-25-16-11-9-12-17-25)24(3)52-31-27(37(39,40)41)21-28(45-34(49)54-35(4,5)6)30(46-31)32-47-48-33(53-32)36(20-8-2,38(42,43)44)51-23-26-18-13-10-14-19-26/h7-14,16-19,21,24,29H,1-2,15,20,22-23H2,3-6H3,(H,45,49)/t24-,29?,36-/m1/s1. The van der Waals surface area contributed by atoms with E-state index < -0.39 is 89.5 Å². The molecule has 10 nitrogen and oxygen atoms in total. The van der Waals surface area contributed by atoms with Gasteiger partial charge in [0.15, 0.2) is 5.69 Å². The lowest BCUT2D eigenvalue weighted by atomic mass is 9.98. The Hall–Kier alpha value is -5.22. The predicted molar refractivity (Wildman–Crippen MR) is 186 cm³/mol. The Labute approximate surface area is 308 Å². The number of nitrogens with zero attached hydrogens (tertiary/aromatic N) is 3. The molecule has 2 aromatic heterocycles. The molecule has 0 aliphatic carbocycles. The number of amides is 1. The quantitative estimate of drug-likeness (QED) is 0.0879. The van der Waals surface area contributed by atoms with Crippen molar-refractivity contribution in [1.82, 2.24) is 15.2 Å². The molecule has 0 fully saturated rings. The van der Waals surface area contributed by atoms with Gasteiger partial charge in [-0.1, -0.05) is 72.8 Å². The van der Waals surface area contributed by atoms with Crippen LogP contribution in [-0.2, 0) is 39.2 Å². The first-order chi connectivity index (χ1) is 25.4. The van der Waals surface area contributed by atoms with Gasteiger partial charge >= 0.3 is 18.4 Å². The van der Waals surface area contributed by atoms with Crippen LogP contribution in [0.25, 0.3) is 11.6 Å². The van der Waals surface area contributed by atoms with Crippen molar-refractivity contribution in [2.24, 2.45) is 0 Å². The van der Waals surface area contributed by atoms with Crippen LogP contribution in [0, 0.1) is 0 Å². The summed E-state index contributed by atoms with van der Waals surface area (Å²) in [6.45, 7) is 12.7. The second-order valence-corrected chi connectivity index (χ2v) is 13.0. The van der Waals surface area contributed by atoms with E-state index in [2.05, 4.69) is 33.7 Å². The fourth-order valence-electron chi connectivity index (χ4n) is 5.04. The number of nitrogens with one attached hydrogen (secondary N) is 1. The van der Waals surface area contributed by atoms with Gasteiger partial charge in [0, 0.05) is 6.42 Å². The minimum atomic E-state index is -5.16. The largest absolute Gasteiger partial charge is 0.471 e. The van der Waals surface area contributed by atoms with Gasteiger partial charge in [-0.3, -0.25) is 5.32 Å². The normalized spacial score (nSPS) is 14.4. The van der Waals surface area contributed by atoms with Crippen molar-refractivity contribution in [3.8, 4) is 17.5 Å². The van der Waals surface area contributed by atoms with Gasteiger partial charge in [0.1, 0.15) is 17.3 Å². The van der Waals surface area contributed by atoms with Crippen LogP contribution in [0.2, 0.25) is 0 Å². The van der Waals surface area contributed by atoms with Crippen molar-refractivity contribution < 1.29 is 54.5 Å². The molecule has 0 radical (unpaired) electrons. The molecule has 2 aromatic carbocycles. The second kappa shape index (κ2) is 17.3. The zero-order valence-electron chi connectivity index (χ0n) is 30.0. The summed E-state index contributed by atoms with van der Waals surface area (Å²) in [4.78, 5) is 16.9. The van der Waals surface area contributed by atoms with Crippen LogP contribution < -0.4 is 10.1 Å². The average molecular weight is 763 g/mol. The zero-order valence-corrected chi connectivity index (χ0v) is 30.0. The van der Waals surface area contributed by atoms with E-state index in [1.165, 1.54) is 33.8 Å². The number of ether oxygens (including phenoxy) is 4. The third-order valence-electron chi connectivity index (χ3n) is 7.65. The number of hydrogen-bond donors (Lipinski definition) is 1. The van der Waals surface area contributed by atoms with E-state index in [4.69, 9.17) is 23.4 Å². The van der Waals surface area contributed by atoms with Gasteiger partial charge in [-0.15, -0.1) is 23.4 Å². The monoisotopic (exact) mass is 762 g/mol. The molecule has 4 aromatic rings. The summed E-state index contributed by atoms with van der Waals surface area (Å²) in [6, 6.07) is 17.5. The Morgan fingerprint density at radius 2 is 1.52 bits per heavy atom. The molecule has 4 rings (SSSR count). The summed E-state index contributed by atoms with van der Waals surface area (Å²) in [5, 5.41) is 9.52. The summed E-state index contributed by atoms with van der Waals surface area (Å²) < 4.78 is 117. The van der Waals surface area contributed by atoms with Crippen molar-refractivity contribution >= 4 is 11.8 Å². The molecule has 1 amide bonds. The first-order valence-electron chi connectivity index (χ1n) is 16.6. The van der Waals surface area contributed by atoms with Crippen LogP contribution in [0.15, 0.2) is 96.5 Å². The fourth-order valence-corrected chi connectivity index (χ4v) is 5.04. The minimum absolute atomic E-state index is 0.0966. The van der Waals surface area contributed by atoms with E-state index in [0.717, 1.165) is 11.6 Å². The van der Waals surface area contributed by atoms with Gasteiger partial charge < -0.3 is 23.4 Å². The van der Waals surface area contributed by atoms with Crippen LogP contribution in [0.5, 0.6) is 5.88 Å². The number of benzene rings is 2. The molecule has 16 heteroatoms. The molecular formula is C38H40F6N4O6. The third-order valence-corrected chi connectivity index (χ3v) is 7.65.